The first-order valence-electron chi connectivity index (χ1n) is 6.63. The van der Waals surface area contributed by atoms with E-state index in [4.69, 9.17) is 0 Å². The fourth-order valence-electron chi connectivity index (χ4n) is 1.63. The number of halogens is 1. The molecule has 0 radical (unpaired) electrons. The number of thioether (sulfide) groups is 1. The van der Waals surface area contributed by atoms with Crippen LogP contribution in [0, 0.1) is 5.82 Å². The molecule has 0 saturated carbocycles. The number of likely N-dealkylation sites (N-methyl/N-ethyl adjacent to an activating group) is 1. The van der Waals surface area contributed by atoms with E-state index in [9.17, 15) is 9.18 Å². The summed E-state index contributed by atoms with van der Waals surface area (Å²) in [7, 11) is 3.92. The Morgan fingerprint density at radius 2 is 2.27 bits per heavy atom. The summed E-state index contributed by atoms with van der Waals surface area (Å²) in [4.78, 5) is 13.9. The lowest BCUT2D eigenvalue weighted by Crippen LogP contribution is -2.20. The molecule has 118 valence electrons. The maximum atomic E-state index is 13.0. The van der Waals surface area contributed by atoms with Crippen molar-refractivity contribution in [3.63, 3.8) is 0 Å². The molecule has 0 bridgehead atoms. The molecule has 0 atom stereocenters. The molecule has 0 unspecified atom stereocenters. The quantitative estimate of drug-likeness (QED) is 0.769. The summed E-state index contributed by atoms with van der Waals surface area (Å²) in [6.07, 6.45) is 0. The molecular weight excluding hydrogens is 307 g/mol. The van der Waals surface area contributed by atoms with Gasteiger partial charge in [-0.3, -0.25) is 4.79 Å². The average Bonchev–Trinajstić information content (AvgIpc) is 2.90. The van der Waals surface area contributed by atoms with E-state index in [-0.39, 0.29) is 11.7 Å². The largest absolute Gasteiger partial charge is 0.325 e. The predicted octanol–water partition coefficient (Wildman–Crippen LogP) is 1.10. The van der Waals surface area contributed by atoms with Crippen molar-refractivity contribution >= 4 is 23.4 Å². The number of rotatable bonds is 7. The number of hydrogen-bond acceptors (Lipinski definition) is 6. The number of anilines is 1. The zero-order chi connectivity index (χ0) is 15.9. The number of carbonyl (C=O) groups is 1. The Balaban J connectivity index is 1.85. The van der Waals surface area contributed by atoms with Gasteiger partial charge in [0.15, 0.2) is 0 Å². The molecule has 1 amide bonds. The van der Waals surface area contributed by atoms with Gasteiger partial charge in [0.05, 0.1) is 12.3 Å². The number of tetrazole rings is 1. The van der Waals surface area contributed by atoms with Crippen molar-refractivity contribution < 1.29 is 9.18 Å². The maximum absolute atomic E-state index is 13.0. The summed E-state index contributed by atoms with van der Waals surface area (Å²) in [5, 5.41) is 14.6. The van der Waals surface area contributed by atoms with Crippen LogP contribution in [0.3, 0.4) is 0 Å². The van der Waals surface area contributed by atoms with Crippen LogP contribution in [-0.2, 0) is 11.3 Å². The Morgan fingerprint density at radius 1 is 1.45 bits per heavy atom. The van der Waals surface area contributed by atoms with Crippen LogP contribution in [0.15, 0.2) is 29.4 Å². The monoisotopic (exact) mass is 324 g/mol. The van der Waals surface area contributed by atoms with Crippen molar-refractivity contribution in [2.45, 2.75) is 11.7 Å². The Morgan fingerprint density at radius 3 is 3.00 bits per heavy atom. The number of hydrogen-bond donors (Lipinski definition) is 1. The van der Waals surface area contributed by atoms with Gasteiger partial charge in [0.1, 0.15) is 5.82 Å². The molecule has 0 aliphatic heterocycles. The van der Waals surface area contributed by atoms with Crippen LogP contribution in [0.1, 0.15) is 0 Å². The van der Waals surface area contributed by atoms with Gasteiger partial charge in [0, 0.05) is 12.2 Å². The molecule has 0 saturated heterocycles. The van der Waals surface area contributed by atoms with Gasteiger partial charge in [-0.05, 0) is 42.7 Å². The van der Waals surface area contributed by atoms with Gasteiger partial charge in [-0.15, -0.1) is 5.10 Å². The summed E-state index contributed by atoms with van der Waals surface area (Å²) in [5.74, 6) is -0.477. The highest BCUT2D eigenvalue weighted by Crippen LogP contribution is 2.15. The Labute approximate surface area is 131 Å². The van der Waals surface area contributed by atoms with Gasteiger partial charge in [0.2, 0.25) is 11.1 Å². The second kappa shape index (κ2) is 7.85. The van der Waals surface area contributed by atoms with E-state index in [0.29, 0.717) is 17.4 Å². The smallest absolute Gasteiger partial charge is 0.234 e. The predicted molar refractivity (Wildman–Crippen MR) is 82.1 cm³/mol. The molecule has 22 heavy (non-hydrogen) atoms. The van der Waals surface area contributed by atoms with Gasteiger partial charge in [0.25, 0.3) is 0 Å². The summed E-state index contributed by atoms with van der Waals surface area (Å²) < 4.78 is 14.7. The molecule has 0 aliphatic carbocycles. The van der Waals surface area contributed by atoms with Crippen molar-refractivity contribution in [3.05, 3.63) is 30.1 Å². The third kappa shape index (κ3) is 5.08. The van der Waals surface area contributed by atoms with E-state index in [1.165, 1.54) is 23.9 Å². The van der Waals surface area contributed by atoms with Crippen molar-refractivity contribution in [3.8, 4) is 0 Å². The van der Waals surface area contributed by atoms with Gasteiger partial charge in [-0.25, -0.2) is 9.07 Å². The Kier molecular flexibility index (Phi) is 5.84. The lowest BCUT2D eigenvalue weighted by atomic mass is 10.3. The second-order valence-corrected chi connectivity index (χ2v) is 5.78. The van der Waals surface area contributed by atoms with E-state index < -0.39 is 5.82 Å². The van der Waals surface area contributed by atoms with Gasteiger partial charge in [-0.2, -0.15) is 0 Å². The highest BCUT2D eigenvalue weighted by molar-refractivity contribution is 7.99. The minimum Gasteiger partial charge on any atom is -0.325 e. The number of aromatic nitrogens is 4. The average molecular weight is 324 g/mol. The van der Waals surface area contributed by atoms with Crippen LogP contribution in [-0.4, -0.2) is 57.4 Å². The standard InChI is InChI=1S/C13H17FN6OS/c1-19(2)6-7-20-13(16-17-18-20)22-9-12(21)15-11-5-3-4-10(14)8-11/h3-5,8H,6-7,9H2,1-2H3,(H,15,21). The normalized spacial score (nSPS) is 10.9. The highest BCUT2D eigenvalue weighted by Gasteiger charge is 2.10. The van der Waals surface area contributed by atoms with E-state index in [2.05, 4.69) is 20.8 Å². The molecule has 1 aromatic carbocycles. The minimum absolute atomic E-state index is 0.152. The molecular formula is C13H17FN6OS. The van der Waals surface area contributed by atoms with Crippen molar-refractivity contribution in [1.29, 1.82) is 0 Å². The fourth-order valence-corrected chi connectivity index (χ4v) is 2.33. The number of nitrogens with one attached hydrogen (secondary N) is 1. The Bertz CT molecular complexity index is 632. The first-order chi connectivity index (χ1) is 10.5. The topological polar surface area (TPSA) is 75.9 Å². The third-order valence-corrected chi connectivity index (χ3v) is 3.66. The van der Waals surface area contributed by atoms with E-state index in [1.807, 2.05) is 19.0 Å². The molecule has 1 aromatic heterocycles. The summed E-state index contributed by atoms with van der Waals surface area (Å²) in [6, 6.07) is 5.76. The van der Waals surface area contributed by atoms with Crippen LogP contribution in [0.5, 0.6) is 0 Å². The SMILES string of the molecule is CN(C)CCn1nnnc1SCC(=O)Nc1cccc(F)c1. The Hall–Kier alpha value is -2.00. The number of benzene rings is 1. The molecule has 0 aliphatic rings. The summed E-state index contributed by atoms with van der Waals surface area (Å²) in [5.41, 5.74) is 0.429. The van der Waals surface area contributed by atoms with Gasteiger partial charge < -0.3 is 10.2 Å². The van der Waals surface area contributed by atoms with Crippen molar-refractivity contribution in [2.24, 2.45) is 0 Å². The molecule has 0 fully saturated rings. The van der Waals surface area contributed by atoms with Gasteiger partial charge in [-0.1, -0.05) is 17.8 Å². The first kappa shape index (κ1) is 16.4. The van der Waals surface area contributed by atoms with Crippen molar-refractivity contribution in [2.75, 3.05) is 31.7 Å². The summed E-state index contributed by atoms with van der Waals surface area (Å²) >= 11 is 1.24. The van der Waals surface area contributed by atoms with Gasteiger partial charge >= 0.3 is 0 Å². The van der Waals surface area contributed by atoms with E-state index in [0.717, 1.165) is 6.54 Å². The zero-order valence-electron chi connectivity index (χ0n) is 12.4. The number of amides is 1. The second-order valence-electron chi connectivity index (χ2n) is 4.84. The van der Waals surface area contributed by atoms with Crippen LogP contribution in [0.2, 0.25) is 0 Å². The maximum Gasteiger partial charge on any atom is 0.234 e. The molecule has 2 rings (SSSR count). The number of carbonyl (C=O) groups excluding carboxylic acids is 1. The minimum atomic E-state index is -0.391. The zero-order valence-corrected chi connectivity index (χ0v) is 13.2. The lowest BCUT2D eigenvalue weighted by molar-refractivity contribution is -0.113. The molecule has 9 heteroatoms. The van der Waals surface area contributed by atoms with Crippen molar-refractivity contribution in [1.82, 2.24) is 25.1 Å². The van der Waals surface area contributed by atoms with E-state index in [1.54, 1.807) is 16.8 Å². The molecule has 2 aromatic rings. The third-order valence-electron chi connectivity index (χ3n) is 2.70. The highest BCUT2D eigenvalue weighted by atomic mass is 32.2. The lowest BCUT2D eigenvalue weighted by Gasteiger charge is -2.09. The summed E-state index contributed by atoms with van der Waals surface area (Å²) in [6.45, 7) is 1.45. The molecule has 1 heterocycles. The van der Waals surface area contributed by atoms with Crippen LogP contribution in [0.4, 0.5) is 10.1 Å². The first-order valence-corrected chi connectivity index (χ1v) is 7.62. The van der Waals surface area contributed by atoms with Crippen LogP contribution >= 0.6 is 11.8 Å². The van der Waals surface area contributed by atoms with Crippen LogP contribution < -0.4 is 5.32 Å². The molecule has 0 spiro atoms. The molecule has 7 nitrogen and oxygen atoms in total. The van der Waals surface area contributed by atoms with Crippen LogP contribution in [0.25, 0.3) is 0 Å². The number of nitrogens with zero attached hydrogens (tertiary/aromatic N) is 5. The van der Waals surface area contributed by atoms with E-state index >= 15 is 0 Å². The fraction of sp³-hybridized carbons (Fsp3) is 0.385. The molecule has 1 N–H and O–H groups in total.